The number of amides is 1. The van der Waals surface area contributed by atoms with Gasteiger partial charge in [-0.3, -0.25) is 4.79 Å². The first-order valence-electron chi connectivity index (χ1n) is 7.51. The maximum Gasteiger partial charge on any atom is 0.237 e. The quantitative estimate of drug-likeness (QED) is 0.868. The fourth-order valence-electron chi connectivity index (χ4n) is 3.03. The Bertz CT molecular complexity index is 495. The van der Waals surface area contributed by atoms with E-state index < -0.39 is 0 Å². The van der Waals surface area contributed by atoms with Gasteiger partial charge < -0.3 is 15.4 Å². The van der Waals surface area contributed by atoms with Gasteiger partial charge in [0.1, 0.15) is 5.75 Å². The molecule has 4 nitrogen and oxygen atoms in total. The number of benzene rings is 1. The first kappa shape index (κ1) is 13.4. The molecule has 1 saturated heterocycles. The second kappa shape index (κ2) is 5.83. The van der Waals surface area contributed by atoms with Crippen LogP contribution in [0.2, 0.25) is 0 Å². The van der Waals surface area contributed by atoms with Crippen molar-refractivity contribution in [2.45, 2.75) is 44.7 Å². The maximum absolute atomic E-state index is 12.3. The predicted molar refractivity (Wildman–Crippen MR) is 77.8 cm³/mol. The zero-order valence-corrected chi connectivity index (χ0v) is 11.9. The van der Waals surface area contributed by atoms with Crippen molar-refractivity contribution < 1.29 is 9.53 Å². The van der Waals surface area contributed by atoms with Gasteiger partial charge in [0.05, 0.1) is 18.7 Å². The zero-order chi connectivity index (χ0) is 13.9. The lowest BCUT2D eigenvalue weighted by molar-refractivity contribution is -0.123. The third kappa shape index (κ3) is 2.80. The topological polar surface area (TPSA) is 50.4 Å². The molecule has 1 fully saturated rings. The minimum Gasteiger partial charge on any atom is -0.493 e. The molecule has 0 bridgehead atoms. The molecule has 0 spiro atoms. The Morgan fingerprint density at radius 1 is 1.35 bits per heavy atom. The number of fused-ring (bicyclic) bond motifs is 1. The van der Waals surface area contributed by atoms with Gasteiger partial charge in [0.15, 0.2) is 0 Å². The Labute approximate surface area is 119 Å². The summed E-state index contributed by atoms with van der Waals surface area (Å²) in [5.41, 5.74) is 2.32. The third-order valence-corrected chi connectivity index (χ3v) is 4.13. The lowest BCUT2D eigenvalue weighted by Gasteiger charge is -2.21. The Morgan fingerprint density at radius 2 is 2.25 bits per heavy atom. The van der Waals surface area contributed by atoms with E-state index in [9.17, 15) is 4.79 Å². The number of hydrogen-bond donors (Lipinski definition) is 2. The minimum absolute atomic E-state index is 0.0209. The fourth-order valence-corrected chi connectivity index (χ4v) is 3.03. The van der Waals surface area contributed by atoms with E-state index in [-0.39, 0.29) is 18.0 Å². The molecule has 1 amide bonds. The van der Waals surface area contributed by atoms with E-state index in [0.29, 0.717) is 0 Å². The van der Waals surface area contributed by atoms with Gasteiger partial charge in [-0.1, -0.05) is 17.7 Å². The van der Waals surface area contributed by atoms with E-state index in [1.807, 2.05) is 6.07 Å². The van der Waals surface area contributed by atoms with Crippen LogP contribution in [0.4, 0.5) is 0 Å². The molecule has 2 N–H and O–H groups in total. The van der Waals surface area contributed by atoms with Crippen LogP contribution in [0.1, 0.15) is 42.9 Å². The van der Waals surface area contributed by atoms with Crippen molar-refractivity contribution in [3.63, 3.8) is 0 Å². The molecule has 20 heavy (non-hydrogen) atoms. The van der Waals surface area contributed by atoms with Gasteiger partial charge in [0.2, 0.25) is 5.91 Å². The monoisotopic (exact) mass is 274 g/mol. The van der Waals surface area contributed by atoms with E-state index in [1.54, 1.807) is 0 Å². The minimum atomic E-state index is -0.0209. The van der Waals surface area contributed by atoms with E-state index in [4.69, 9.17) is 4.74 Å². The number of aryl methyl sites for hydroxylation is 1. The highest BCUT2D eigenvalue weighted by Gasteiger charge is 2.27. The molecule has 0 aromatic heterocycles. The maximum atomic E-state index is 12.3. The van der Waals surface area contributed by atoms with Crippen molar-refractivity contribution in [3.05, 3.63) is 29.3 Å². The Balaban J connectivity index is 1.78. The zero-order valence-electron chi connectivity index (χ0n) is 11.9. The van der Waals surface area contributed by atoms with E-state index in [1.165, 1.54) is 5.56 Å². The van der Waals surface area contributed by atoms with Crippen molar-refractivity contribution in [2.75, 3.05) is 13.2 Å². The molecule has 1 aromatic rings. The molecule has 3 rings (SSSR count). The van der Waals surface area contributed by atoms with Crippen molar-refractivity contribution in [1.29, 1.82) is 0 Å². The number of ether oxygens (including phenoxy) is 1. The first-order valence-corrected chi connectivity index (χ1v) is 7.51. The summed E-state index contributed by atoms with van der Waals surface area (Å²) in [5, 5.41) is 6.46. The number of carbonyl (C=O) groups excluding carboxylic acids is 1. The largest absolute Gasteiger partial charge is 0.493 e. The number of carbonyl (C=O) groups is 1. The normalized spacial score (nSPS) is 25.4. The van der Waals surface area contributed by atoms with Gasteiger partial charge in [-0.2, -0.15) is 0 Å². The van der Waals surface area contributed by atoms with Gasteiger partial charge in [-0.15, -0.1) is 0 Å². The summed E-state index contributed by atoms with van der Waals surface area (Å²) in [6.07, 6.45) is 3.93. The highest BCUT2D eigenvalue weighted by atomic mass is 16.5. The van der Waals surface area contributed by atoms with Crippen molar-refractivity contribution in [1.82, 2.24) is 10.6 Å². The SMILES string of the molecule is Cc1ccc2c(c1)C(NC(=O)C1CCCN1)CCCO2. The third-order valence-electron chi connectivity index (χ3n) is 4.13. The van der Waals surface area contributed by atoms with E-state index in [2.05, 4.69) is 29.7 Å². The van der Waals surface area contributed by atoms with Crippen LogP contribution in [0, 0.1) is 6.92 Å². The average Bonchev–Trinajstić information content (AvgIpc) is 2.91. The van der Waals surface area contributed by atoms with Gasteiger partial charge >= 0.3 is 0 Å². The standard InChI is InChI=1S/C16H22N2O2/c1-11-6-7-15-12(10-11)13(5-3-9-20-15)18-16(19)14-4-2-8-17-14/h6-7,10,13-14,17H,2-5,8-9H2,1H3,(H,18,19). The molecule has 0 radical (unpaired) electrons. The van der Waals surface area contributed by atoms with Crippen LogP contribution in [0.5, 0.6) is 5.75 Å². The number of hydrogen-bond acceptors (Lipinski definition) is 3. The highest BCUT2D eigenvalue weighted by Crippen LogP contribution is 2.32. The van der Waals surface area contributed by atoms with Gasteiger partial charge in [0.25, 0.3) is 0 Å². The summed E-state index contributed by atoms with van der Waals surface area (Å²) >= 11 is 0. The molecule has 2 atom stereocenters. The highest BCUT2D eigenvalue weighted by molar-refractivity contribution is 5.82. The van der Waals surface area contributed by atoms with Gasteiger partial charge in [-0.25, -0.2) is 0 Å². The Kier molecular flexibility index (Phi) is 3.92. The molecular formula is C16H22N2O2. The second-order valence-electron chi connectivity index (χ2n) is 5.74. The van der Waals surface area contributed by atoms with Crippen LogP contribution >= 0.6 is 0 Å². The summed E-state index contributed by atoms with van der Waals surface area (Å²) in [6, 6.07) is 6.26. The molecular weight excluding hydrogens is 252 g/mol. The van der Waals surface area contributed by atoms with Gasteiger partial charge in [0, 0.05) is 5.56 Å². The average molecular weight is 274 g/mol. The molecule has 0 saturated carbocycles. The van der Waals surface area contributed by atoms with Crippen LogP contribution in [0.3, 0.4) is 0 Å². The van der Waals surface area contributed by atoms with Crippen LogP contribution in [0.25, 0.3) is 0 Å². The van der Waals surface area contributed by atoms with Crippen molar-refractivity contribution >= 4 is 5.91 Å². The molecule has 2 heterocycles. The smallest absolute Gasteiger partial charge is 0.237 e. The molecule has 108 valence electrons. The van der Waals surface area contributed by atoms with Crippen LogP contribution in [-0.4, -0.2) is 25.1 Å². The summed E-state index contributed by atoms with van der Waals surface area (Å²) in [4.78, 5) is 12.3. The Morgan fingerprint density at radius 3 is 3.05 bits per heavy atom. The molecule has 2 aliphatic rings. The summed E-state index contributed by atoms with van der Waals surface area (Å²) in [5.74, 6) is 1.04. The fraction of sp³-hybridized carbons (Fsp3) is 0.562. The summed E-state index contributed by atoms with van der Waals surface area (Å²) in [6.45, 7) is 3.74. The van der Waals surface area contributed by atoms with Crippen molar-refractivity contribution in [3.8, 4) is 5.75 Å². The first-order chi connectivity index (χ1) is 9.74. The van der Waals surface area contributed by atoms with Crippen LogP contribution in [-0.2, 0) is 4.79 Å². The second-order valence-corrected chi connectivity index (χ2v) is 5.74. The van der Waals surface area contributed by atoms with E-state index >= 15 is 0 Å². The molecule has 1 aromatic carbocycles. The lowest BCUT2D eigenvalue weighted by Crippen LogP contribution is -2.42. The molecule has 2 unspecified atom stereocenters. The van der Waals surface area contributed by atoms with Crippen LogP contribution < -0.4 is 15.4 Å². The van der Waals surface area contributed by atoms with E-state index in [0.717, 1.165) is 50.1 Å². The number of rotatable bonds is 2. The molecule has 4 heteroatoms. The lowest BCUT2D eigenvalue weighted by atomic mass is 9.99. The summed E-state index contributed by atoms with van der Waals surface area (Å²) < 4.78 is 5.77. The van der Waals surface area contributed by atoms with Gasteiger partial charge in [-0.05, 0) is 45.2 Å². The number of nitrogens with one attached hydrogen (secondary N) is 2. The molecule has 2 aliphatic heterocycles. The van der Waals surface area contributed by atoms with Crippen molar-refractivity contribution in [2.24, 2.45) is 0 Å². The summed E-state index contributed by atoms with van der Waals surface area (Å²) in [7, 11) is 0. The predicted octanol–water partition coefficient (Wildman–Crippen LogP) is 2.08. The Hall–Kier alpha value is -1.55. The molecule has 0 aliphatic carbocycles. The van der Waals surface area contributed by atoms with Crippen LogP contribution in [0.15, 0.2) is 18.2 Å².